The smallest absolute Gasteiger partial charge is 0.326 e. The number of hydrogen-bond donors (Lipinski definition) is 7. The number of fused-ring (bicyclic) bond motifs is 1. The third-order valence-electron chi connectivity index (χ3n) is 6.13. The van der Waals surface area contributed by atoms with Gasteiger partial charge in [0.15, 0.2) is 0 Å². The minimum Gasteiger partial charge on any atom is -0.481 e. The molecule has 2 aromatic rings. The molecule has 39 heavy (non-hydrogen) atoms. The summed E-state index contributed by atoms with van der Waals surface area (Å²) in [6.07, 6.45) is 1.52. The van der Waals surface area contributed by atoms with E-state index < -0.39 is 60.2 Å². The summed E-state index contributed by atoms with van der Waals surface area (Å²) in [6, 6.07) is 2.56. The number of amides is 3. The van der Waals surface area contributed by atoms with E-state index in [1.807, 2.05) is 52.0 Å². The second-order valence-corrected chi connectivity index (χ2v) is 10.5. The van der Waals surface area contributed by atoms with Gasteiger partial charge in [-0.3, -0.25) is 19.2 Å². The van der Waals surface area contributed by atoms with Crippen molar-refractivity contribution in [1.29, 1.82) is 0 Å². The first-order chi connectivity index (χ1) is 18.3. The van der Waals surface area contributed by atoms with Crippen molar-refractivity contribution < 1.29 is 34.2 Å². The number of rotatable bonds is 15. The Kier molecular flexibility index (Phi) is 11.5. The van der Waals surface area contributed by atoms with Crippen molar-refractivity contribution in [1.82, 2.24) is 20.9 Å². The predicted molar refractivity (Wildman–Crippen MR) is 145 cm³/mol. The maximum Gasteiger partial charge on any atom is 0.326 e. The van der Waals surface area contributed by atoms with E-state index in [0.717, 1.165) is 10.9 Å². The van der Waals surface area contributed by atoms with Crippen molar-refractivity contribution in [3.8, 4) is 0 Å². The molecule has 0 aliphatic carbocycles. The van der Waals surface area contributed by atoms with Gasteiger partial charge in [-0.05, 0) is 36.3 Å². The third-order valence-corrected chi connectivity index (χ3v) is 6.13. The van der Waals surface area contributed by atoms with Crippen LogP contribution in [0.2, 0.25) is 0 Å². The van der Waals surface area contributed by atoms with Crippen LogP contribution < -0.4 is 21.7 Å². The highest BCUT2D eigenvalue weighted by Crippen LogP contribution is 2.19. The second-order valence-electron chi connectivity index (χ2n) is 10.5. The normalized spacial score (nSPS) is 14.4. The molecule has 0 fully saturated rings. The Balaban J connectivity index is 2.33. The van der Waals surface area contributed by atoms with Crippen LogP contribution in [0, 0.1) is 11.8 Å². The Bertz CT molecular complexity index is 1180. The molecule has 12 heteroatoms. The number of carbonyl (C=O) groups is 5. The fourth-order valence-corrected chi connectivity index (χ4v) is 4.25. The molecule has 1 aromatic heterocycles. The van der Waals surface area contributed by atoms with Gasteiger partial charge in [0.25, 0.3) is 0 Å². The molecule has 0 aliphatic rings. The zero-order valence-electron chi connectivity index (χ0n) is 22.7. The predicted octanol–water partition coefficient (Wildman–Crippen LogP) is 1.14. The zero-order valence-corrected chi connectivity index (χ0v) is 22.7. The van der Waals surface area contributed by atoms with E-state index in [1.165, 1.54) is 0 Å². The SMILES string of the molecule is CC(C)CC(N)C(=O)NC(CC(C)C)C(=O)NC(Cc1c[nH]c2ccccc12)C(=O)NC(CC(=O)O)C(=O)O. The van der Waals surface area contributed by atoms with Gasteiger partial charge in [-0.15, -0.1) is 0 Å². The average Bonchev–Trinajstić information content (AvgIpc) is 3.24. The molecule has 3 amide bonds. The van der Waals surface area contributed by atoms with Crippen molar-refractivity contribution >= 4 is 40.6 Å². The van der Waals surface area contributed by atoms with E-state index in [9.17, 15) is 29.1 Å². The van der Waals surface area contributed by atoms with Gasteiger partial charge in [0.2, 0.25) is 17.7 Å². The van der Waals surface area contributed by atoms with Crippen LogP contribution in [0.25, 0.3) is 10.9 Å². The number of carboxylic acid groups (broad SMARTS) is 2. The van der Waals surface area contributed by atoms with Crippen LogP contribution in [0.15, 0.2) is 30.5 Å². The number of benzene rings is 1. The Morgan fingerprint density at radius 2 is 1.38 bits per heavy atom. The summed E-state index contributed by atoms with van der Waals surface area (Å²) >= 11 is 0. The minimum atomic E-state index is -1.70. The first-order valence-electron chi connectivity index (χ1n) is 12.9. The van der Waals surface area contributed by atoms with Crippen LogP contribution in [0.5, 0.6) is 0 Å². The van der Waals surface area contributed by atoms with Gasteiger partial charge >= 0.3 is 11.9 Å². The molecule has 1 aromatic carbocycles. The summed E-state index contributed by atoms with van der Waals surface area (Å²) in [5.41, 5.74) is 7.48. The number of nitrogens with one attached hydrogen (secondary N) is 4. The number of aliphatic carboxylic acids is 2. The van der Waals surface area contributed by atoms with Crippen LogP contribution >= 0.6 is 0 Å². The van der Waals surface area contributed by atoms with E-state index in [2.05, 4.69) is 20.9 Å². The Morgan fingerprint density at radius 3 is 1.97 bits per heavy atom. The molecule has 12 nitrogen and oxygen atoms in total. The first-order valence-corrected chi connectivity index (χ1v) is 12.9. The monoisotopic (exact) mass is 545 g/mol. The Hall–Kier alpha value is -3.93. The van der Waals surface area contributed by atoms with E-state index in [0.29, 0.717) is 12.0 Å². The van der Waals surface area contributed by atoms with Crippen LogP contribution in [-0.4, -0.2) is 69.0 Å². The molecular formula is C27H39N5O7. The number of nitrogens with two attached hydrogens (primary N) is 1. The number of carbonyl (C=O) groups excluding carboxylic acids is 3. The molecule has 0 spiro atoms. The van der Waals surface area contributed by atoms with Crippen molar-refractivity contribution in [2.75, 3.05) is 0 Å². The lowest BCUT2D eigenvalue weighted by molar-refractivity contribution is -0.147. The molecule has 1 heterocycles. The molecule has 0 saturated heterocycles. The van der Waals surface area contributed by atoms with Gasteiger partial charge in [-0.2, -0.15) is 0 Å². The fraction of sp³-hybridized carbons (Fsp3) is 0.519. The minimum absolute atomic E-state index is 0.00947. The van der Waals surface area contributed by atoms with E-state index in [1.54, 1.807) is 6.20 Å². The molecule has 8 N–H and O–H groups in total. The lowest BCUT2D eigenvalue weighted by atomic mass is 9.99. The Labute approximate surface area is 227 Å². The number of aromatic nitrogens is 1. The number of para-hydroxylation sites is 1. The van der Waals surface area contributed by atoms with Gasteiger partial charge in [0.1, 0.15) is 18.1 Å². The van der Waals surface area contributed by atoms with Gasteiger partial charge in [-0.25, -0.2) is 4.79 Å². The number of H-pyrrole nitrogens is 1. The van der Waals surface area contributed by atoms with Crippen molar-refractivity contribution in [3.05, 3.63) is 36.0 Å². The molecular weight excluding hydrogens is 506 g/mol. The lowest BCUT2D eigenvalue weighted by Crippen LogP contribution is -2.58. The van der Waals surface area contributed by atoms with E-state index in [4.69, 9.17) is 10.8 Å². The molecule has 0 bridgehead atoms. The van der Waals surface area contributed by atoms with Crippen molar-refractivity contribution in [3.63, 3.8) is 0 Å². The number of hydrogen-bond acceptors (Lipinski definition) is 6. The maximum absolute atomic E-state index is 13.4. The molecule has 4 atom stereocenters. The highest BCUT2D eigenvalue weighted by Gasteiger charge is 2.32. The molecule has 0 saturated carbocycles. The average molecular weight is 546 g/mol. The van der Waals surface area contributed by atoms with Crippen LogP contribution in [-0.2, 0) is 30.4 Å². The maximum atomic E-state index is 13.4. The van der Waals surface area contributed by atoms with Crippen LogP contribution in [0.4, 0.5) is 0 Å². The standard InChI is InChI=1S/C27H39N5O7/c1-14(2)9-18(28)24(35)30-20(10-15(3)4)25(36)31-21(26(37)32-22(27(38)39)12-23(33)34)11-16-13-29-19-8-6-5-7-17(16)19/h5-8,13-15,18,20-22,29H,9-12,28H2,1-4H3,(H,30,35)(H,31,36)(H,32,37)(H,33,34)(H,38,39). The summed E-state index contributed by atoms with van der Waals surface area (Å²) in [4.78, 5) is 65.1. The van der Waals surface area contributed by atoms with Crippen molar-refractivity contribution in [2.24, 2.45) is 17.6 Å². The molecule has 214 valence electrons. The highest BCUT2D eigenvalue weighted by molar-refractivity contribution is 5.95. The number of aromatic amines is 1. The van der Waals surface area contributed by atoms with Crippen molar-refractivity contribution in [2.45, 2.75) is 77.5 Å². The summed E-state index contributed by atoms with van der Waals surface area (Å²) in [5.74, 6) is -4.75. The first kappa shape index (κ1) is 31.3. The van der Waals surface area contributed by atoms with E-state index in [-0.39, 0.29) is 24.7 Å². The summed E-state index contributed by atoms with van der Waals surface area (Å²) in [7, 11) is 0. The molecule has 2 rings (SSSR count). The van der Waals surface area contributed by atoms with Gasteiger partial charge in [0.05, 0.1) is 12.5 Å². The summed E-state index contributed by atoms with van der Waals surface area (Å²) < 4.78 is 0. The second kappa shape index (κ2) is 14.3. The van der Waals surface area contributed by atoms with E-state index >= 15 is 0 Å². The van der Waals surface area contributed by atoms with Gasteiger partial charge in [0, 0.05) is 23.5 Å². The molecule has 0 aliphatic heterocycles. The highest BCUT2D eigenvalue weighted by atomic mass is 16.4. The molecule has 4 unspecified atom stereocenters. The fourth-order valence-electron chi connectivity index (χ4n) is 4.25. The summed E-state index contributed by atoms with van der Waals surface area (Å²) in [5, 5.41) is 26.8. The number of carboxylic acids is 2. The zero-order chi connectivity index (χ0) is 29.3. The summed E-state index contributed by atoms with van der Waals surface area (Å²) in [6.45, 7) is 7.60. The van der Waals surface area contributed by atoms with Gasteiger partial charge < -0.3 is 36.9 Å². The quantitative estimate of drug-likeness (QED) is 0.172. The third kappa shape index (κ3) is 9.71. The Morgan fingerprint density at radius 1 is 0.821 bits per heavy atom. The van der Waals surface area contributed by atoms with Crippen LogP contribution in [0.3, 0.4) is 0 Å². The largest absolute Gasteiger partial charge is 0.481 e. The topological polar surface area (TPSA) is 204 Å². The van der Waals surface area contributed by atoms with Crippen LogP contribution in [0.1, 0.15) is 52.5 Å². The lowest BCUT2D eigenvalue weighted by Gasteiger charge is -2.26. The van der Waals surface area contributed by atoms with Gasteiger partial charge in [-0.1, -0.05) is 45.9 Å². The molecule has 0 radical (unpaired) electrons.